The summed E-state index contributed by atoms with van der Waals surface area (Å²) in [6, 6.07) is 17.8. The monoisotopic (exact) mass is 373 g/mol. The van der Waals surface area contributed by atoms with Crippen LogP contribution in [0.3, 0.4) is 0 Å². The second-order valence-electron chi connectivity index (χ2n) is 5.92. The number of aromatic nitrogens is 3. The van der Waals surface area contributed by atoms with Gasteiger partial charge in [-0.25, -0.2) is 14.8 Å². The quantitative estimate of drug-likeness (QED) is 0.508. The van der Waals surface area contributed by atoms with Crippen LogP contribution in [-0.2, 0) is 0 Å². The SMILES string of the molecule is O=c1[nH]c(-c2ccc(-c3nc4ccccc4c(=O)o3)s2)nc2ccccc12. The Morgan fingerprint density at radius 3 is 2.26 bits per heavy atom. The summed E-state index contributed by atoms with van der Waals surface area (Å²) >= 11 is 1.35. The third kappa shape index (κ3) is 2.65. The molecule has 0 aliphatic heterocycles. The third-order valence-corrected chi connectivity index (χ3v) is 5.28. The molecule has 0 spiro atoms. The van der Waals surface area contributed by atoms with Gasteiger partial charge in [-0.05, 0) is 36.4 Å². The van der Waals surface area contributed by atoms with E-state index in [1.165, 1.54) is 11.3 Å². The molecule has 1 N–H and O–H groups in total. The van der Waals surface area contributed by atoms with Gasteiger partial charge in [0.25, 0.3) is 5.56 Å². The first kappa shape index (κ1) is 15.7. The molecule has 27 heavy (non-hydrogen) atoms. The number of H-pyrrole nitrogens is 1. The van der Waals surface area contributed by atoms with Crippen LogP contribution in [0.2, 0.25) is 0 Å². The molecular weight excluding hydrogens is 362 g/mol. The lowest BCUT2D eigenvalue weighted by atomic mass is 10.2. The molecule has 130 valence electrons. The third-order valence-electron chi connectivity index (χ3n) is 4.20. The van der Waals surface area contributed by atoms with Gasteiger partial charge in [-0.2, -0.15) is 0 Å². The summed E-state index contributed by atoms with van der Waals surface area (Å²) in [7, 11) is 0. The Labute approximate surface area is 155 Å². The fourth-order valence-electron chi connectivity index (χ4n) is 2.91. The van der Waals surface area contributed by atoms with E-state index in [0.29, 0.717) is 32.5 Å². The molecule has 0 saturated carbocycles. The maximum absolute atomic E-state index is 12.3. The van der Waals surface area contributed by atoms with Crippen molar-refractivity contribution in [3.63, 3.8) is 0 Å². The molecule has 2 aromatic carbocycles. The van der Waals surface area contributed by atoms with Crippen molar-refractivity contribution in [3.05, 3.63) is 81.4 Å². The molecule has 0 aliphatic carbocycles. The number of benzene rings is 2. The van der Waals surface area contributed by atoms with E-state index in [9.17, 15) is 9.59 Å². The van der Waals surface area contributed by atoms with Crippen LogP contribution in [-0.4, -0.2) is 15.0 Å². The first-order chi connectivity index (χ1) is 13.2. The molecule has 0 bridgehead atoms. The van der Waals surface area contributed by atoms with Crippen molar-refractivity contribution >= 4 is 33.1 Å². The van der Waals surface area contributed by atoms with Gasteiger partial charge in [-0.1, -0.05) is 24.3 Å². The van der Waals surface area contributed by atoms with Crippen LogP contribution < -0.4 is 11.2 Å². The van der Waals surface area contributed by atoms with E-state index >= 15 is 0 Å². The molecule has 0 radical (unpaired) electrons. The minimum atomic E-state index is -0.428. The highest BCUT2D eigenvalue weighted by atomic mass is 32.1. The largest absolute Gasteiger partial charge is 0.402 e. The Hall–Kier alpha value is -3.58. The fraction of sp³-hybridized carbons (Fsp3) is 0. The maximum Gasteiger partial charge on any atom is 0.347 e. The number of para-hydroxylation sites is 2. The van der Waals surface area contributed by atoms with E-state index < -0.39 is 5.63 Å². The topological polar surface area (TPSA) is 88.9 Å². The number of nitrogens with one attached hydrogen (secondary N) is 1. The lowest BCUT2D eigenvalue weighted by molar-refractivity contribution is 0.520. The van der Waals surface area contributed by atoms with Crippen molar-refractivity contribution in [1.29, 1.82) is 0 Å². The Morgan fingerprint density at radius 2 is 1.44 bits per heavy atom. The molecule has 3 aromatic heterocycles. The molecule has 0 aliphatic rings. The number of aromatic amines is 1. The van der Waals surface area contributed by atoms with Gasteiger partial charge in [-0.15, -0.1) is 11.3 Å². The van der Waals surface area contributed by atoms with Crippen LogP contribution in [0.5, 0.6) is 0 Å². The number of hydrogen-bond donors (Lipinski definition) is 1. The van der Waals surface area contributed by atoms with Crippen LogP contribution in [0, 0.1) is 0 Å². The summed E-state index contributed by atoms with van der Waals surface area (Å²) in [5.41, 5.74) is 0.584. The normalized spacial score (nSPS) is 11.3. The van der Waals surface area contributed by atoms with Crippen molar-refractivity contribution in [2.45, 2.75) is 0 Å². The lowest BCUT2D eigenvalue weighted by Crippen LogP contribution is -2.08. The standard InChI is InChI=1S/C20H11N3O3S/c24-18-11-5-1-3-7-13(11)21-17(23-18)15-9-10-16(27-15)19-22-14-8-4-2-6-12(14)20(25)26-19/h1-10H,(H,21,23,24). The van der Waals surface area contributed by atoms with Gasteiger partial charge < -0.3 is 9.40 Å². The molecule has 3 heterocycles. The van der Waals surface area contributed by atoms with Gasteiger partial charge in [0, 0.05) is 0 Å². The second-order valence-corrected chi connectivity index (χ2v) is 7.00. The van der Waals surface area contributed by atoms with E-state index in [2.05, 4.69) is 15.0 Å². The van der Waals surface area contributed by atoms with Crippen LogP contribution in [0.25, 0.3) is 43.3 Å². The minimum absolute atomic E-state index is 0.194. The number of nitrogens with zero attached hydrogens (tertiary/aromatic N) is 2. The van der Waals surface area contributed by atoms with E-state index in [1.54, 1.807) is 42.5 Å². The zero-order valence-corrected chi connectivity index (χ0v) is 14.6. The summed E-state index contributed by atoms with van der Waals surface area (Å²) in [5.74, 6) is 0.719. The molecule has 6 nitrogen and oxygen atoms in total. The van der Waals surface area contributed by atoms with Crippen molar-refractivity contribution in [1.82, 2.24) is 15.0 Å². The van der Waals surface area contributed by atoms with Crippen LogP contribution >= 0.6 is 11.3 Å². The predicted octanol–water partition coefficient (Wildman–Crippen LogP) is 3.82. The fourth-order valence-corrected chi connectivity index (χ4v) is 3.78. The van der Waals surface area contributed by atoms with Crippen molar-refractivity contribution in [2.24, 2.45) is 0 Å². The van der Waals surface area contributed by atoms with Gasteiger partial charge in [0.05, 0.1) is 31.6 Å². The van der Waals surface area contributed by atoms with E-state index in [0.717, 1.165) is 4.88 Å². The first-order valence-electron chi connectivity index (χ1n) is 8.18. The lowest BCUT2D eigenvalue weighted by Gasteiger charge is -2.00. The van der Waals surface area contributed by atoms with Crippen LogP contribution in [0.4, 0.5) is 0 Å². The summed E-state index contributed by atoms with van der Waals surface area (Å²) in [5, 5.41) is 0.985. The summed E-state index contributed by atoms with van der Waals surface area (Å²) in [6.07, 6.45) is 0. The first-order valence-corrected chi connectivity index (χ1v) is 9.00. The van der Waals surface area contributed by atoms with Gasteiger partial charge >= 0.3 is 5.63 Å². The second kappa shape index (κ2) is 6.00. The summed E-state index contributed by atoms with van der Waals surface area (Å²) < 4.78 is 5.37. The van der Waals surface area contributed by atoms with Gasteiger partial charge in [0.2, 0.25) is 5.89 Å². The molecule has 0 saturated heterocycles. The molecule has 0 atom stereocenters. The molecule has 7 heteroatoms. The summed E-state index contributed by atoms with van der Waals surface area (Å²) in [6.45, 7) is 0. The smallest absolute Gasteiger partial charge is 0.347 e. The highest BCUT2D eigenvalue weighted by Gasteiger charge is 2.13. The van der Waals surface area contributed by atoms with Crippen LogP contribution in [0.15, 0.2) is 74.7 Å². The maximum atomic E-state index is 12.3. The molecule has 0 amide bonds. The number of thiophene rings is 1. The Kier molecular flexibility index (Phi) is 3.48. The van der Waals surface area contributed by atoms with Crippen molar-refractivity contribution < 1.29 is 4.42 Å². The number of fused-ring (bicyclic) bond motifs is 2. The molecule has 0 unspecified atom stereocenters. The minimum Gasteiger partial charge on any atom is -0.402 e. The molecular formula is C20H11N3O3S. The van der Waals surface area contributed by atoms with Gasteiger partial charge in [0.15, 0.2) is 5.82 Å². The molecule has 5 rings (SSSR count). The molecule has 0 fully saturated rings. The number of rotatable bonds is 2. The van der Waals surface area contributed by atoms with E-state index in [-0.39, 0.29) is 11.4 Å². The van der Waals surface area contributed by atoms with Crippen LogP contribution in [0.1, 0.15) is 0 Å². The predicted molar refractivity (Wildman–Crippen MR) is 105 cm³/mol. The average molecular weight is 373 g/mol. The van der Waals surface area contributed by atoms with Gasteiger partial charge in [0.1, 0.15) is 0 Å². The zero-order chi connectivity index (χ0) is 18.4. The Morgan fingerprint density at radius 1 is 0.778 bits per heavy atom. The Bertz CT molecular complexity index is 1320. The highest BCUT2D eigenvalue weighted by molar-refractivity contribution is 7.18. The van der Waals surface area contributed by atoms with E-state index in [1.807, 2.05) is 18.2 Å². The highest BCUT2D eigenvalue weighted by Crippen LogP contribution is 2.32. The van der Waals surface area contributed by atoms with E-state index in [4.69, 9.17) is 4.42 Å². The number of hydrogen-bond acceptors (Lipinski definition) is 6. The Balaban J connectivity index is 1.63. The summed E-state index contributed by atoms with van der Waals surface area (Å²) in [4.78, 5) is 37.7. The average Bonchev–Trinajstić information content (AvgIpc) is 3.18. The molecule has 5 aromatic rings. The van der Waals surface area contributed by atoms with Crippen molar-refractivity contribution in [3.8, 4) is 21.5 Å². The zero-order valence-electron chi connectivity index (χ0n) is 13.8. The van der Waals surface area contributed by atoms with Crippen molar-refractivity contribution in [2.75, 3.05) is 0 Å². The van der Waals surface area contributed by atoms with Gasteiger partial charge in [-0.3, -0.25) is 4.79 Å².